The molecule has 0 atom stereocenters. The van der Waals surface area contributed by atoms with E-state index in [-0.39, 0.29) is 5.97 Å². The van der Waals surface area contributed by atoms with Gasteiger partial charge in [-0.3, -0.25) is 0 Å². The molecule has 2 rings (SSSR count). The van der Waals surface area contributed by atoms with Gasteiger partial charge < -0.3 is 15.4 Å². The monoisotopic (exact) mass is 348 g/mol. The zero-order chi connectivity index (χ0) is 16.8. The summed E-state index contributed by atoms with van der Waals surface area (Å²) in [5.41, 5.74) is 3.03. The van der Waals surface area contributed by atoms with Crippen LogP contribution in [0.25, 0.3) is 0 Å². The van der Waals surface area contributed by atoms with Crippen LogP contribution in [0, 0.1) is 6.92 Å². The smallest absolute Gasteiger partial charge is 0.338 e. The highest BCUT2D eigenvalue weighted by Gasteiger charge is 2.08. The van der Waals surface area contributed by atoms with Crippen molar-refractivity contribution in [3.05, 3.63) is 58.6 Å². The van der Waals surface area contributed by atoms with E-state index in [0.717, 1.165) is 11.3 Å². The molecule has 0 radical (unpaired) electrons. The number of hydrogen-bond acceptors (Lipinski definition) is 3. The quantitative estimate of drug-likeness (QED) is 0.623. The Kier molecular flexibility index (Phi) is 5.96. The maximum atomic E-state index is 11.7. The van der Waals surface area contributed by atoms with Gasteiger partial charge in [0.05, 0.1) is 12.2 Å². The minimum atomic E-state index is -0.360. The van der Waals surface area contributed by atoms with Gasteiger partial charge in [0, 0.05) is 16.4 Å². The molecular formula is C17H17ClN2O2S. The first-order valence-electron chi connectivity index (χ1n) is 7.11. The van der Waals surface area contributed by atoms with Crippen LogP contribution < -0.4 is 10.6 Å². The molecule has 2 aromatic carbocycles. The van der Waals surface area contributed by atoms with Crippen LogP contribution >= 0.6 is 23.8 Å². The molecule has 2 aromatic rings. The molecule has 6 heteroatoms. The SMILES string of the molecule is CCOC(=O)c1cccc(NC(=S)Nc2cc(Cl)ccc2C)c1. The van der Waals surface area contributed by atoms with Crippen LogP contribution in [-0.2, 0) is 4.74 Å². The van der Waals surface area contributed by atoms with Gasteiger partial charge in [0.1, 0.15) is 0 Å². The number of rotatable bonds is 4. The van der Waals surface area contributed by atoms with Crippen LogP contribution in [0.3, 0.4) is 0 Å². The molecular weight excluding hydrogens is 332 g/mol. The maximum absolute atomic E-state index is 11.7. The van der Waals surface area contributed by atoms with E-state index in [1.54, 1.807) is 31.2 Å². The number of ether oxygens (including phenoxy) is 1. The fraction of sp³-hybridized carbons (Fsp3) is 0.176. The van der Waals surface area contributed by atoms with Gasteiger partial charge in [-0.1, -0.05) is 23.7 Å². The van der Waals surface area contributed by atoms with E-state index in [1.165, 1.54) is 0 Å². The summed E-state index contributed by atoms with van der Waals surface area (Å²) in [5, 5.41) is 7.18. The highest BCUT2D eigenvalue weighted by Crippen LogP contribution is 2.20. The Balaban J connectivity index is 2.07. The predicted molar refractivity (Wildman–Crippen MR) is 98.4 cm³/mol. The van der Waals surface area contributed by atoms with Crippen LogP contribution in [0.4, 0.5) is 11.4 Å². The molecule has 0 aliphatic carbocycles. The molecule has 0 amide bonds. The molecule has 0 spiro atoms. The van der Waals surface area contributed by atoms with Gasteiger partial charge in [0.2, 0.25) is 0 Å². The van der Waals surface area contributed by atoms with Gasteiger partial charge in [0.25, 0.3) is 0 Å². The molecule has 0 saturated heterocycles. The standard InChI is InChI=1S/C17H17ClN2O2S/c1-3-22-16(21)12-5-4-6-14(9-12)19-17(23)20-15-10-13(18)8-7-11(15)2/h4-10H,3H2,1-2H3,(H2,19,20,23). The van der Waals surface area contributed by atoms with Gasteiger partial charge >= 0.3 is 5.97 Å². The minimum Gasteiger partial charge on any atom is -0.462 e. The van der Waals surface area contributed by atoms with Crippen molar-refractivity contribution >= 4 is 46.3 Å². The van der Waals surface area contributed by atoms with Crippen LogP contribution in [0.5, 0.6) is 0 Å². The molecule has 4 nitrogen and oxygen atoms in total. The van der Waals surface area contributed by atoms with E-state index in [0.29, 0.717) is 28.0 Å². The lowest BCUT2D eigenvalue weighted by molar-refractivity contribution is 0.0526. The number of nitrogens with one attached hydrogen (secondary N) is 2. The van der Waals surface area contributed by atoms with E-state index in [4.69, 9.17) is 28.6 Å². The average Bonchev–Trinajstić information content (AvgIpc) is 2.51. The zero-order valence-electron chi connectivity index (χ0n) is 12.9. The van der Waals surface area contributed by atoms with Crippen molar-refractivity contribution in [2.75, 3.05) is 17.2 Å². The zero-order valence-corrected chi connectivity index (χ0v) is 14.4. The van der Waals surface area contributed by atoms with E-state index in [1.807, 2.05) is 25.1 Å². The number of hydrogen-bond donors (Lipinski definition) is 2. The van der Waals surface area contributed by atoms with Crippen LogP contribution in [0.2, 0.25) is 5.02 Å². The number of carbonyl (C=O) groups excluding carboxylic acids is 1. The molecule has 2 N–H and O–H groups in total. The molecule has 0 bridgehead atoms. The molecule has 0 aliphatic rings. The number of halogens is 1. The van der Waals surface area contributed by atoms with E-state index in [9.17, 15) is 4.79 Å². The van der Waals surface area contributed by atoms with E-state index >= 15 is 0 Å². The van der Waals surface area contributed by atoms with Crippen molar-refractivity contribution in [2.24, 2.45) is 0 Å². The molecule has 0 heterocycles. The second-order valence-corrected chi connectivity index (χ2v) is 5.68. The topological polar surface area (TPSA) is 50.4 Å². The Bertz CT molecular complexity index is 734. The first-order chi connectivity index (χ1) is 11.0. The highest BCUT2D eigenvalue weighted by atomic mass is 35.5. The Morgan fingerprint density at radius 3 is 2.74 bits per heavy atom. The van der Waals surface area contributed by atoms with Gasteiger partial charge in [-0.25, -0.2) is 4.79 Å². The number of carbonyl (C=O) groups is 1. The Morgan fingerprint density at radius 1 is 1.22 bits per heavy atom. The minimum absolute atomic E-state index is 0.338. The second kappa shape index (κ2) is 7.94. The lowest BCUT2D eigenvalue weighted by Gasteiger charge is -2.13. The van der Waals surface area contributed by atoms with E-state index in [2.05, 4.69) is 10.6 Å². The van der Waals surface area contributed by atoms with Crippen molar-refractivity contribution in [1.29, 1.82) is 0 Å². The highest BCUT2D eigenvalue weighted by molar-refractivity contribution is 7.80. The number of benzene rings is 2. The van der Waals surface area contributed by atoms with Crippen LogP contribution in [-0.4, -0.2) is 17.7 Å². The summed E-state index contributed by atoms with van der Waals surface area (Å²) in [6.07, 6.45) is 0. The first-order valence-corrected chi connectivity index (χ1v) is 7.89. The van der Waals surface area contributed by atoms with Gasteiger partial charge in [-0.15, -0.1) is 0 Å². The summed E-state index contributed by atoms with van der Waals surface area (Å²) in [4.78, 5) is 11.7. The van der Waals surface area contributed by atoms with Crippen molar-refractivity contribution in [3.63, 3.8) is 0 Å². The molecule has 0 aliphatic heterocycles. The fourth-order valence-corrected chi connectivity index (χ4v) is 2.35. The third kappa shape index (κ3) is 4.94. The number of aryl methyl sites for hydroxylation is 1. The predicted octanol–water partition coefficient (Wildman–Crippen LogP) is 4.63. The normalized spacial score (nSPS) is 10.0. The lowest BCUT2D eigenvalue weighted by atomic mass is 10.2. The lowest BCUT2D eigenvalue weighted by Crippen LogP contribution is -2.20. The molecule has 0 unspecified atom stereocenters. The number of anilines is 2. The van der Waals surface area contributed by atoms with Crippen molar-refractivity contribution in [3.8, 4) is 0 Å². The Morgan fingerprint density at radius 2 is 2.00 bits per heavy atom. The summed E-state index contributed by atoms with van der Waals surface area (Å²) < 4.78 is 4.98. The van der Waals surface area contributed by atoms with Crippen molar-refractivity contribution in [1.82, 2.24) is 0 Å². The molecule has 0 fully saturated rings. The second-order valence-electron chi connectivity index (χ2n) is 4.84. The number of esters is 1. The van der Waals surface area contributed by atoms with Gasteiger partial charge in [-0.2, -0.15) is 0 Å². The summed E-state index contributed by atoms with van der Waals surface area (Å²) in [6, 6.07) is 12.5. The summed E-state index contributed by atoms with van der Waals surface area (Å²) >= 11 is 11.3. The molecule has 0 saturated carbocycles. The number of thiocarbonyl (C=S) groups is 1. The van der Waals surface area contributed by atoms with Crippen LogP contribution in [0.1, 0.15) is 22.8 Å². The van der Waals surface area contributed by atoms with Crippen molar-refractivity contribution in [2.45, 2.75) is 13.8 Å². The summed E-state index contributed by atoms with van der Waals surface area (Å²) in [5.74, 6) is -0.360. The third-order valence-corrected chi connectivity index (χ3v) is 3.52. The maximum Gasteiger partial charge on any atom is 0.338 e. The van der Waals surface area contributed by atoms with Gasteiger partial charge in [0.15, 0.2) is 5.11 Å². The van der Waals surface area contributed by atoms with Crippen molar-refractivity contribution < 1.29 is 9.53 Å². The third-order valence-electron chi connectivity index (χ3n) is 3.08. The van der Waals surface area contributed by atoms with Crippen LogP contribution in [0.15, 0.2) is 42.5 Å². The summed E-state index contributed by atoms with van der Waals surface area (Å²) in [7, 11) is 0. The molecule has 120 valence electrons. The average molecular weight is 349 g/mol. The fourth-order valence-electron chi connectivity index (χ4n) is 1.95. The first kappa shape index (κ1) is 17.2. The molecule has 0 aromatic heterocycles. The summed E-state index contributed by atoms with van der Waals surface area (Å²) in [6.45, 7) is 4.07. The Hall–Kier alpha value is -2.11. The largest absolute Gasteiger partial charge is 0.462 e. The molecule has 23 heavy (non-hydrogen) atoms. The van der Waals surface area contributed by atoms with E-state index < -0.39 is 0 Å². The van der Waals surface area contributed by atoms with Gasteiger partial charge in [-0.05, 0) is 62.0 Å². The Labute approximate surface area is 145 Å².